The SMILES string of the molecule is COc1ccccc1CC(=O)N1CCC(NC(=O)c2ccc(F)cc2F)CC1. The third kappa shape index (κ3) is 4.65. The van der Waals surface area contributed by atoms with Crippen molar-refractivity contribution in [1.29, 1.82) is 0 Å². The van der Waals surface area contributed by atoms with Gasteiger partial charge in [0.25, 0.3) is 5.91 Å². The van der Waals surface area contributed by atoms with Gasteiger partial charge in [-0.1, -0.05) is 18.2 Å². The van der Waals surface area contributed by atoms with Crippen molar-refractivity contribution in [2.45, 2.75) is 25.3 Å². The van der Waals surface area contributed by atoms with Crippen LogP contribution in [0.15, 0.2) is 42.5 Å². The van der Waals surface area contributed by atoms with Gasteiger partial charge in [-0.3, -0.25) is 9.59 Å². The normalized spacial score (nSPS) is 14.6. The molecule has 1 aliphatic heterocycles. The second-order valence-corrected chi connectivity index (χ2v) is 6.74. The molecule has 1 N–H and O–H groups in total. The van der Waals surface area contributed by atoms with Gasteiger partial charge in [-0.25, -0.2) is 8.78 Å². The molecule has 5 nitrogen and oxygen atoms in total. The van der Waals surface area contributed by atoms with Crippen LogP contribution in [-0.4, -0.2) is 43.0 Å². The number of carbonyl (C=O) groups is 2. The highest BCUT2D eigenvalue weighted by Crippen LogP contribution is 2.20. The molecule has 2 aromatic carbocycles. The lowest BCUT2D eigenvalue weighted by Crippen LogP contribution is -2.47. The first-order valence-corrected chi connectivity index (χ1v) is 9.13. The Kier molecular flexibility index (Phi) is 6.23. The van der Waals surface area contributed by atoms with Gasteiger partial charge in [0.05, 0.1) is 19.1 Å². The third-order valence-corrected chi connectivity index (χ3v) is 4.89. The molecule has 0 saturated carbocycles. The molecule has 0 spiro atoms. The van der Waals surface area contributed by atoms with E-state index in [0.29, 0.717) is 37.7 Å². The number of ether oxygens (including phenoxy) is 1. The second-order valence-electron chi connectivity index (χ2n) is 6.74. The fourth-order valence-electron chi connectivity index (χ4n) is 3.33. The van der Waals surface area contributed by atoms with Crippen LogP contribution < -0.4 is 10.1 Å². The van der Waals surface area contributed by atoms with Crippen molar-refractivity contribution in [2.75, 3.05) is 20.2 Å². The molecule has 1 fully saturated rings. The minimum absolute atomic E-state index is 0.00106. The molecule has 28 heavy (non-hydrogen) atoms. The molecule has 3 rings (SSSR count). The maximum absolute atomic E-state index is 13.7. The number of rotatable bonds is 5. The number of amides is 2. The molecule has 0 unspecified atom stereocenters. The predicted octanol–water partition coefficient (Wildman–Crippen LogP) is 2.94. The van der Waals surface area contributed by atoms with Crippen LogP contribution in [0.5, 0.6) is 5.75 Å². The third-order valence-electron chi connectivity index (χ3n) is 4.89. The van der Waals surface area contributed by atoms with Crippen LogP contribution in [0.1, 0.15) is 28.8 Å². The molecule has 1 aliphatic rings. The monoisotopic (exact) mass is 388 g/mol. The van der Waals surface area contributed by atoms with Crippen LogP contribution in [0.2, 0.25) is 0 Å². The van der Waals surface area contributed by atoms with Gasteiger partial charge < -0.3 is 15.0 Å². The molecule has 0 aromatic heterocycles. The summed E-state index contributed by atoms with van der Waals surface area (Å²) >= 11 is 0. The number of nitrogens with one attached hydrogen (secondary N) is 1. The van der Waals surface area contributed by atoms with Crippen LogP contribution >= 0.6 is 0 Å². The van der Waals surface area contributed by atoms with Crippen molar-refractivity contribution in [3.05, 3.63) is 65.2 Å². The summed E-state index contributed by atoms with van der Waals surface area (Å²) in [5, 5.41) is 2.76. The van der Waals surface area contributed by atoms with Crippen molar-refractivity contribution < 1.29 is 23.1 Å². The van der Waals surface area contributed by atoms with E-state index in [9.17, 15) is 18.4 Å². The number of nitrogens with zero attached hydrogens (tertiary/aromatic N) is 1. The van der Waals surface area contributed by atoms with Crippen molar-refractivity contribution in [3.8, 4) is 5.75 Å². The van der Waals surface area contributed by atoms with Gasteiger partial charge in [0.1, 0.15) is 17.4 Å². The Balaban J connectivity index is 1.52. The number of piperidine rings is 1. The summed E-state index contributed by atoms with van der Waals surface area (Å²) in [5.74, 6) is -1.51. The van der Waals surface area contributed by atoms with Gasteiger partial charge in [-0.15, -0.1) is 0 Å². The van der Waals surface area contributed by atoms with Crippen molar-refractivity contribution in [2.24, 2.45) is 0 Å². The first kappa shape index (κ1) is 19.8. The number of halogens is 2. The fraction of sp³-hybridized carbons (Fsp3) is 0.333. The highest BCUT2D eigenvalue weighted by atomic mass is 19.1. The van der Waals surface area contributed by atoms with Crippen LogP contribution in [0.3, 0.4) is 0 Å². The fourth-order valence-corrected chi connectivity index (χ4v) is 3.33. The molecular weight excluding hydrogens is 366 g/mol. The summed E-state index contributed by atoms with van der Waals surface area (Å²) in [5.41, 5.74) is 0.647. The highest BCUT2D eigenvalue weighted by molar-refractivity contribution is 5.94. The van der Waals surface area contributed by atoms with Gasteiger partial charge in [0, 0.05) is 30.8 Å². The number of benzene rings is 2. The van der Waals surface area contributed by atoms with E-state index in [0.717, 1.165) is 17.7 Å². The molecule has 0 atom stereocenters. The number of para-hydroxylation sites is 1. The zero-order valence-electron chi connectivity index (χ0n) is 15.6. The van der Waals surface area contributed by atoms with Crippen LogP contribution in [0, 0.1) is 11.6 Å². The number of likely N-dealkylation sites (tertiary alicyclic amines) is 1. The van der Waals surface area contributed by atoms with E-state index in [1.165, 1.54) is 0 Å². The summed E-state index contributed by atoms with van der Waals surface area (Å²) in [7, 11) is 1.57. The summed E-state index contributed by atoms with van der Waals surface area (Å²) in [6.45, 7) is 1.01. The second kappa shape index (κ2) is 8.82. The lowest BCUT2D eigenvalue weighted by atomic mass is 10.0. The van der Waals surface area contributed by atoms with E-state index in [1.807, 2.05) is 24.3 Å². The minimum Gasteiger partial charge on any atom is -0.496 e. The largest absolute Gasteiger partial charge is 0.496 e. The maximum Gasteiger partial charge on any atom is 0.254 e. The quantitative estimate of drug-likeness (QED) is 0.857. The van der Waals surface area contributed by atoms with E-state index >= 15 is 0 Å². The van der Waals surface area contributed by atoms with E-state index in [-0.39, 0.29) is 23.9 Å². The van der Waals surface area contributed by atoms with E-state index in [4.69, 9.17) is 4.74 Å². The number of hydrogen-bond acceptors (Lipinski definition) is 3. The number of carbonyl (C=O) groups excluding carboxylic acids is 2. The first-order valence-electron chi connectivity index (χ1n) is 9.13. The van der Waals surface area contributed by atoms with Gasteiger partial charge in [-0.2, -0.15) is 0 Å². The Hall–Kier alpha value is -2.96. The van der Waals surface area contributed by atoms with Gasteiger partial charge in [-0.05, 0) is 31.0 Å². The van der Waals surface area contributed by atoms with Crippen molar-refractivity contribution in [3.63, 3.8) is 0 Å². The zero-order chi connectivity index (χ0) is 20.1. The molecule has 0 aliphatic carbocycles. The average molecular weight is 388 g/mol. The van der Waals surface area contributed by atoms with Crippen LogP contribution in [-0.2, 0) is 11.2 Å². The van der Waals surface area contributed by atoms with Gasteiger partial charge >= 0.3 is 0 Å². The van der Waals surface area contributed by atoms with Crippen LogP contribution in [0.4, 0.5) is 8.78 Å². The number of methoxy groups -OCH3 is 1. The minimum atomic E-state index is -0.887. The molecule has 1 heterocycles. The average Bonchev–Trinajstić information content (AvgIpc) is 2.68. The molecule has 7 heteroatoms. The molecule has 2 aromatic rings. The summed E-state index contributed by atoms with van der Waals surface area (Å²) in [6, 6.07) is 10.1. The van der Waals surface area contributed by atoms with E-state index < -0.39 is 17.5 Å². The standard InChI is InChI=1S/C21H22F2N2O3/c1-28-19-5-3-2-4-14(19)12-20(26)25-10-8-16(9-11-25)24-21(27)17-7-6-15(22)13-18(17)23/h2-7,13,16H,8-12H2,1H3,(H,24,27). The molecule has 1 saturated heterocycles. The smallest absolute Gasteiger partial charge is 0.254 e. The zero-order valence-corrected chi connectivity index (χ0v) is 15.6. The first-order chi connectivity index (χ1) is 13.5. The maximum atomic E-state index is 13.7. The molecule has 0 bridgehead atoms. The lowest BCUT2D eigenvalue weighted by Gasteiger charge is -2.32. The summed E-state index contributed by atoms with van der Waals surface area (Å²) in [6.07, 6.45) is 1.40. The molecule has 148 valence electrons. The van der Waals surface area contributed by atoms with Gasteiger partial charge in [0.15, 0.2) is 0 Å². The molecule has 2 amide bonds. The Morgan fingerprint density at radius 1 is 1.14 bits per heavy atom. The van der Waals surface area contributed by atoms with Crippen molar-refractivity contribution in [1.82, 2.24) is 10.2 Å². The molecular formula is C21H22F2N2O3. The van der Waals surface area contributed by atoms with E-state index in [1.54, 1.807) is 12.0 Å². The van der Waals surface area contributed by atoms with Gasteiger partial charge in [0.2, 0.25) is 5.91 Å². The Labute approximate surface area is 162 Å². The lowest BCUT2D eigenvalue weighted by molar-refractivity contribution is -0.131. The summed E-state index contributed by atoms with van der Waals surface area (Å²) in [4.78, 5) is 26.5. The Morgan fingerprint density at radius 3 is 2.54 bits per heavy atom. The van der Waals surface area contributed by atoms with E-state index in [2.05, 4.69) is 5.32 Å². The summed E-state index contributed by atoms with van der Waals surface area (Å²) < 4.78 is 32.0. The van der Waals surface area contributed by atoms with Crippen LogP contribution in [0.25, 0.3) is 0 Å². The highest BCUT2D eigenvalue weighted by Gasteiger charge is 2.25. The Bertz CT molecular complexity index is 864. The topological polar surface area (TPSA) is 58.6 Å². The van der Waals surface area contributed by atoms with Crippen molar-refractivity contribution >= 4 is 11.8 Å². The predicted molar refractivity (Wildman–Crippen MR) is 100 cm³/mol. The number of hydrogen-bond donors (Lipinski definition) is 1. The molecule has 0 radical (unpaired) electrons. The Morgan fingerprint density at radius 2 is 1.86 bits per heavy atom.